The number of fused-ring (bicyclic) bond motifs is 1. The fraction of sp³-hybridized carbons (Fsp3) is 0.222. The van der Waals surface area contributed by atoms with E-state index in [4.69, 9.17) is 9.47 Å². The minimum atomic E-state index is -0.0114. The summed E-state index contributed by atoms with van der Waals surface area (Å²) in [5, 5.41) is 11.7. The Morgan fingerprint density at radius 2 is 1.91 bits per heavy atom. The molecule has 0 aliphatic carbocycles. The maximum absolute atomic E-state index is 10.2. The van der Waals surface area contributed by atoms with Crippen molar-refractivity contribution in [3.05, 3.63) is 42.6 Å². The highest BCUT2D eigenvalue weighted by atomic mass is 16.5. The molecule has 0 aliphatic heterocycles. The van der Waals surface area contributed by atoms with Crippen LogP contribution in [0.5, 0.6) is 17.5 Å². The van der Waals surface area contributed by atoms with Gasteiger partial charge in [-0.05, 0) is 49.6 Å². The van der Waals surface area contributed by atoms with E-state index < -0.39 is 0 Å². The first-order valence-corrected chi connectivity index (χ1v) is 7.37. The van der Waals surface area contributed by atoms with Crippen molar-refractivity contribution in [3.8, 4) is 28.8 Å². The molecule has 0 spiro atoms. The molecule has 0 bridgehead atoms. The molecule has 0 saturated heterocycles. The summed E-state index contributed by atoms with van der Waals surface area (Å²) in [6.07, 6.45) is 1.76. The third kappa shape index (κ3) is 3.18. The van der Waals surface area contributed by atoms with Gasteiger partial charge in [-0.1, -0.05) is 0 Å². The van der Waals surface area contributed by atoms with Crippen LogP contribution >= 0.6 is 0 Å². The van der Waals surface area contributed by atoms with Crippen LogP contribution in [-0.2, 0) is 0 Å². The molecule has 23 heavy (non-hydrogen) atoms. The van der Waals surface area contributed by atoms with Gasteiger partial charge in [0.1, 0.15) is 5.75 Å². The normalized spacial score (nSPS) is 11.0. The van der Waals surface area contributed by atoms with E-state index in [-0.39, 0.29) is 12.0 Å². The van der Waals surface area contributed by atoms with Crippen LogP contribution in [0.25, 0.3) is 22.0 Å². The molecule has 5 heteroatoms. The fourth-order valence-electron chi connectivity index (χ4n) is 2.34. The predicted molar refractivity (Wildman–Crippen MR) is 89.0 cm³/mol. The summed E-state index contributed by atoms with van der Waals surface area (Å²) in [4.78, 5) is 8.52. The molecule has 0 atom stereocenters. The van der Waals surface area contributed by atoms with Crippen LogP contribution in [0.3, 0.4) is 0 Å². The van der Waals surface area contributed by atoms with Gasteiger partial charge in [0.25, 0.3) is 0 Å². The molecule has 3 rings (SSSR count). The molecular formula is C18H18N2O3. The second-order valence-corrected chi connectivity index (χ2v) is 5.47. The van der Waals surface area contributed by atoms with E-state index >= 15 is 0 Å². The summed E-state index contributed by atoms with van der Waals surface area (Å²) in [5.41, 5.74) is 1.45. The second-order valence-electron chi connectivity index (χ2n) is 5.47. The van der Waals surface area contributed by atoms with Crippen molar-refractivity contribution >= 4 is 10.8 Å². The van der Waals surface area contributed by atoms with Gasteiger partial charge in [0, 0.05) is 23.2 Å². The molecule has 0 saturated carbocycles. The summed E-state index contributed by atoms with van der Waals surface area (Å²) < 4.78 is 10.8. The highest BCUT2D eigenvalue weighted by Gasteiger charge is 2.09. The number of hydrogen-bond acceptors (Lipinski definition) is 5. The van der Waals surface area contributed by atoms with Crippen molar-refractivity contribution in [2.24, 2.45) is 0 Å². The molecular weight excluding hydrogens is 292 g/mol. The lowest BCUT2D eigenvalue weighted by Crippen LogP contribution is -2.06. The van der Waals surface area contributed by atoms with Crippen LogP contribution in [0.15, 0.2) is 42.6 Å². The van der Waals surface area contributed by atoms with E-state index in [2.05, 4.69) is 9.97 Å². The van der Waals surface area contributed by atoms with Crippen LogP contribution in [0.4, 0.5) is 0 Å². The number of hydrogen-bond donors (Lipinski definition) is 1. The maximum atomic E-state index is 10.2. The topological polar surface area (TPSA) is 64.5 Å². The average molecular weight is 310 g/mol. The summed E-state index contributed by atoms with van der Waals surface area (Å²) in [6.45, 7) is 3.90. The van der Waals surface area contributed by atoms with Crippen molar-refractivity contribution in [2.45, 2.75) is 20.0 Å². The molecule has 5 nitrogen and oxygen atoms in total. The zero-order valence-electron chi connectivity index (χ0n) is 13.3. The van der Waals surface area contributed by atoms with Crippen molar-refractivity contribution in [2.75, 3.05) is 7.11 Å². The highest BCUT2D eigenvalue weighted by Crippen LogP contribution is 2.31. The van der Waals surface area contributed by atoms with Gasteiger partial charge in [-0.15, -0.1) is 0 Å². The lowest BCUT2D eigenvalue weighted by Gasteiger charge is -2.10. The average Bonchev–Trinajstić information content (AvgIpc) is 2.54. The Morgan fingerprint density at radius 3 is 2.57 bits per heavy atom. The van der Waals surface area contributed by atoms with E-state index in [0.717, 1.165) is 16.7 Å². The fourth-order valence-corrected chi connectivity index (χ4v) is 2.34. The van der Waals surface area contributed by atoms with Gasteiger partial charge in [0.05, 0.1) is 18.9 Å². The molecule has 1 N–H and O–H groups in total. The van der Waals surface area contributed by atoms with Gasteiger partial charge in [-0.25, -0.2) is 9.97 Å². The lowest BCUT2D eigenvalue weighted by atomic mass is 10.1. The van der Waals surface area contributed by atoms with Crippen molar-refractivity contribution in [1.82, 2.24) is 9.97 Å². The number of ether oxygens (including phenoxy) is 2. The summed E-state index contributed by atoms with van der Waals surface area (Å²) in [5.74, 6) is 1.28. The van der Waals surface area contributed by atoms with E-state index in [1.807, 2.05) is 32.0 Å². The third-order valence-electron chi connectivity index (χ3n) is 3.41. The zero-order chi connectivity index (χ0) is 16.4. The highest BCUT2D eigenvalue weighted by molar-refractivity contribution is 5.90. The molecule has 1 aromatic carbocycles. The Labute approximate surface area is 134 Å². The number of nitrogens with zero attached hydrogens (tertiary/aromatic N) is 2. The van der Waals surface area contributed by atoms with Gasteiger partial charge >= 0.3 is 0 Å². The smallest absolute Gasteiger partial charge is 0.219 e. The zero-order valence-corrected chi connectivity index (χ0v) is 13.3. The number of benzene rings is 1. The standard InChI is InChI=1S/C18H18N2O3/c1-11(2)23-17-7-4-12(10-19-17)16-9-13-8-14(22-3)5-6-15(13)18(21)20-16/h4-11H,1-3H3,(H,20,21). The lowest BCUT2D eigenvalue weighted by molar-refractivity contribution is 0.232. The van der Waals surface area contributed by atoms with E-state index in [9.17, 15) is 5.11 Å². The molecule has 0 aliphatic rings. The van der Waals surface area contributed by atoms with Gasteiger partial charge in [-0.3, -0.25) is 0 Å². The van der Waals surface area contributed by atoms with Crippen molar-refractivity contribution in [1.29, 1.82) is 0 Å². The Bertz CT molecular complexity index is 830. The minimum Gasteiger partial charge on any atom is -0.497 e. The molecule has 3 aromatic rings. The van der Waals surface area contributed by atoms with Crippen LogP contribution in [0, 0.1) is 0 Å². The van der Waals surface area contributed by atoms with Crippen molar-refractivity contribution in [3.63, 3.8) is 0 Å². The Morgan fingerprint density at radius 1 is 1.09 bits per heavy atom. The number of rotatable bonds is 4. The second kappa shape index (κ2) is 6.12. The van der Waals surface area contributed by atoms with Gasteiger partial charge in [0.2, 0.25) is 11.8 Å². The summed E-state index contributed by atoms with van der Waals surface area (Å²) >= 11 is 0. The molecule has 0 unspecified atom stereocenters. The Kier molecular flexibility index (Phi) is 4.02. The summed E-state index contributed by atoms with van der Waals surface area (Å²) in [7, 11) is 1.61. The summed E-state index contributed by atoms with van der Waals surface area (Å²) in [6, 6.07) is 11.0. The van der Waals surface area contributed by atoms with Gasteiger partial charge in [0.15, 0.2) is 0 Å². The first kappa shape index (κ1) is 15.1. The van der Waals surface area contributed by atoms with Crippen molar-refractivity contribution < 1.29 is 14.6 Å². The largest absolute Gasteiger partial charge is 0.497 e. The van der Waals surface area contributed by atoms with E-state index in [1.165, 1.54) is 0 Å². The first-order chi connectivity index (χ1) is 11.1. The number of aromatic nitrogens is 2. The van der Waals surface area contributed by atoms with Gasteiger partial charge < -0.3 is 14.6 Å². The first-order valence-electron chi connectivity index (χ1n) is 7.37. The number of aromatic hydroxyl groups is 1. The molecule has 0 fully saturated rings. The van der Waals surface area contributed by atoms with Crippen LogP contribution in [-0.4, -0.2) is 28.3 Å². The maximum Gasteiger partial charge on any atom is 0.219 e. The van der Waals surface area contributed by atoms with E-state index in [1.54, 1.807) is 31.5 Å². The SMILES string of the molecule is COc1ccc2c(O)nc(-c3ccc(OC(C)C)nc3)cc2c1. The van der Waals surface area contributed by atoms with Crippen LogP contribution in [0.2, 0.25) is 0 Å². The number of methoxy groups -OCH3 is 1. The minimum absolute atomic E-state index is 0.0114. The quantitative estimate of drug-likeness (QED) is 0.794. The number of pyridine rings is 2. The van der Waals surface area contributed by atoms with Crippen LogP contribution < -0.4 is 9.47 Å². The monoisotopic (exact) mass is 310 g/mol. The Hall–Kier alpha value is -2.82. The molecule has 2 heterocycles. The van der Waals surface area contributed by atoms with E-state index in [0.29, 0.717) is 17.0 Å². The molecule has 118 valence electrons. The molecule has 2 aromatic heterocycles. The third-order valence-corrected chi connectivity index (χ3v) is 3.41. The molecule has 0 radical (unpaired) electrons. The Balaban J connectivity index is 2.02. The van der Waals surface area contributed by atoms with Crippen LogP contribution in [0.1, 0.15) is 13.8 Å². The van der Waals surface area contributed by atoms with Gasteiger partial charge in [-0.2, -0.15) is 0 Å². The predicted octanol–water partition coefficient (Wildman–Crippen LogP) is 3.80. The molecule has 0 amide bonds.